The number of dihydropyridines is 1. The molecule has 6 nitrogen and oxygen atoms in total. The first-order chi connectivity index (χ1) is 14.4. The first-order valence-corrected chi connectivity index (χ1v) is 10.3. The predicted molar refractivity (Wildman–Crippen MR) is 117 cm³/mol. The van der Waals surface area contributed by atoms with Crippen LogP contribution in [0.5, 0.6) is 5.75 Å². The Kier molecular flexibility index (Phi) is 5.55. The Morgan fingerprint density at radius 2 is 1.87 bits per heavy atom. The van der Waals surface area contributed by atoms with Crippen molar-refractivity contribution in [1.29, 1.82) is 0 Å². The summed E-state index contributed by atoms with van der Waals surface area (Å²) in [5.74, 6) is 0.213. The van der Waals surface area contributed by atoms with Crippen LogP contribution < -0.4 is 10.1 Å². The van der Waals surface area contributed by atoms with E-state index < -0.39 is 5.97 Å². The molecule has 0 amide bonds. The topological polar surface area (TPSA) is 77.5 Å². The fourth-order valence-electron chi connectivity index (χ4n) is 3.41. The van der Waals surface area contributed by atoms with Crippen LogP contribution in [0.25, 0.3) is 10.9 Å². The maximum Gasteiger partial charge on any atom is 0.308 e. The average Bonchev–Trinajstić information content (AvgIpc) is 2.72. The van der Waals surface area contributed by atoms with E-state index in [-0.39, 0.29) is 16.8 Å². The zero-order chi connectivity index (χ0) is 21.3. The van der Waals surface area contributed by atoms with Crippen molar-refractivity contribution in [3.63, 3.8) is 0 Å². The molecule has 2 unspecified atom stereocenters. The van der Waals surface area contributed by atoms with E-state index in [4.69, 9.17) is 14.5 Å². The van der Waals surface area contributed by atoms with Gasteiger partial charge in [-0.3, -0.25) is 9.59 Å². The third-order valence-corrected chi connectivity index (χ3v) is 5.65. The minimum Gasteiger partial charge on any atom is -0.429 e. The van der Waals surface area contributed by atoms with Crippen molar-refractivity contribution >= 4 is 38.8 Å². The number of carbonyl (C=O) groups excluding carboxylic acids is 2. The van der Waals surface area contributed by atoms with Crippen molar-refractivity contribution in [2.24, 2.45) is 0 Å². The predicted octanol–water partition coefficient (Wildman–Crippen LogP) is 4.40. The largest absolute Gasteiger partial charge is 0.429 e. The number of rotatable bonds is 4. The molecular formula is C23H19BrN2O4. The Hall–Kier alpha value is -3.19. The molecule has 1 aliphatic heterocycles. The normalized spacial score (nSPS) is 18.4. The van der Waals surface area contributed by atoms with Gasteiger partial charge in [0.1, 0.15) is 17.3 Å². The Morgan fingerprint density at radius 1 is 1.07 bits per heavy atom. The molecule has 1 aromatic carbocycles. The second kappa shape index (κ2) is 8.28. The second-order valence-corrected chi connectivity index (χ2v) is 7.82. The number of alkyl halides is 1. The first-order valence-electron chi connectivity index (χ1n) is 9.39. The summed E-state index contributed by atoms with van der Waals surface area (Å²) in [6.07, 6.45) is 9.57. The minimum atomic E-state index is -0.394. The Bertz CT molecular complexity index is 1160. The van der Waals surface area contributed by atoms with Gasteiger partial charge in [-0.25, -0.2) is 4.98 Å². The van der Waals surface area contributed by atoms with Gasteiger partial charge in [0.15, 0.2) is 5.75 Å². The number of ether oxygens (including phenoxy) is 2. The molecule has 2 aliphatic rings. The summed E-state index contributed by atoms with van der Waals surface area (Å²) in [7, 11) is 0. The van der Waals surface area contributed by atoms with Crippen molar-refractivity contribution in [2.45, 2.75) is 24.7 Å². The molecule has 0 bridgehead atoms. The van der Waals surface area contributed by atoms with Crippen LogP contribution in [0.4, 0.5) is 0 Å². The molecule has 1 N–H and O–H groups in total. The summed E-state index contributed by atoms with van der Waals surface area (Å²) in [6.45, 7) is 2.75. The van der Waals surface area contributed by atoms with E-state index in [9.17, 15) is 9.59 Å². The van der Waals surface area contributed by atoms with Crippen molar-refractivity contribution in [3.05, 3.63) is 83.4 Å². The van der Waals surface area contributed by atoms with Gasteiger partial charge in [-0.15, -0.1) is 0 Å². The maximum absolute atomic E-state index is 11.5. The molecule has 0 radical (unpaired) electrons. The minimum absolute atomic E-state index is 0.241. The van der Waals surface area contributed by atoms with Crippen molar-refractivity contribution in [1.82, 2.24) is 10.3 Å². The van der Waals surface area contributed by atoms with E-state index >= 15 is 0 Å². The molecule has 0 spiro atoms. The zero-order valence-corrected chi connectivity index (χ0v) is 18.0. The van der Waals surface area contributed by atoms with Gasteiger partial charge < -0.3 is 14.8 Å². The van der Waals surface area contributed by atoms with Gasteiger partial charge in [0, 0.05) is 24.9 Å². The van der Waals surface area contributed by atoms with Gasteiger partial charge in [-0.2, -0.15) is 0 Å². The lowest BCUT2D eigenvalue weighted by Gasteiger charge is -2.30. The number of para-hydroxylation sites is 1. The molecular weight excluding hydrogens is 448 g/mol. The number of benzene rings is 1. The Labute approximate surface area is 182 Å². The maximum atomic E-state index is 11.5. The van der Waals surface area contributed by atoms with Gasteiger partial charge in [-0.1, -0.05) is 52.4 Å². The van der Waals surface area contributed by atoms with Crippen molar-refractivity contribution in [2.75, 3.05) is 0 Å². The van der Waals surface area contributed by atoms with Crippen LogP contribution >= 0.6 is 15.9 Å². The van der Waals surface area contributed by atoms with Crippen LogP contribution in [-0.2, 0) is 14.3 Å². The molecule has 0 saturated heterocycles. The van der Waals surface area contributed by atoms with Gasteiger partial charge in [-0.05, 0) is 29.9 Å². The van der Waals surface area contributed by atoms with E-state index in [0.717, 1.165) is 22.4 Å². The quantitative estimate of drug-likeness (QED) is 0.408. The van der Waals surface area contributed by atoms with Crippen LogP contribution in [-0.4, -0.2) is 23.0 Å². The molecule has 2 atom stereocenters. The molecule has 4 rings (SSSR count). The highest BCUT2D eigenvalue weighted by Crippen LogP contribution is 2.35. The van der Waals surface area contributed by atoms with E-state index in [0.29, 0.717) is 17.0 Å². The third-order valence-electron chi connectivity index (χ3n) is 4.69. The van der Waals surface area contributed by atoms with Crippen LogP contribution in [0, 0.1) is 0 Å². The number of hydrogen-bond acceptors (Lipinski definition) is 6. The molecule has 0 fully saturated rings. The van der Waals surface area contributed by atoms with Crippen LogP contribution in [0.15, 0.2) is 77.7 Å². The third kappa shape index (κ3) is 4.07. The summed E-state index contributed by atoms with van der Waals surface area (Å²) in [5.41, 5.74) is 3.24. The molecule has 1 aliphatic carbocycles. The first kappa shape index (κ1) is 20.1. The lowest BCUT2D eigenvalue weighted by atomic mass is 9.95. The molecule has 0 saturated carbocycles. The molecule has 2 aromatic rings. The van der Waals surface area contributed by atoms with Gasteiger partial charge in [0.05, 0.1) is 10.5 Å². The Morgan fingerprint density at radius 3 is 2.63 bits per heavy atom. The summed E-state index contributed by atoms with van der Waals surface area (Å²) in [6, 6.07) is 9.07. The SMILES string of the molecule is CC(=O)OC1=CC=CC2=CC=C(C(Br)c3ccc4cccc(OC(C)=O)c4n3)NC21. The number of fused-ring (bicyclic) bond motifs is 2. The van der Waals surface area contributed by atoms with Gasteiger partial charge in [0.25, 0.3) is 0 Å². The lowest BCUT2D eigenvalue weighted by molar-refractivity contribution is -0.137. The van der Waals surface area contributed by atoms with Crippen LogP contribution in [0.2, 0.25) is 0 Å². The number of hydrogen-bond donors (Lipinski definition) is 1. The number of carbonyl (C=O) groups is 2. The summed E-state index contributed by atoms with van der Waals surface area (Å²) < 4.78 is 10.7. The second-order valence-electron chi connectivity index (χ2n) is 6.91. The van der Waals surface area contributed by atoms with Crippen molar-refractivity contribution < 1.29 is 19.1 Å². The number of nitrogens with zero attached hydrogens (tertiary/aromatic N) is 1. The monoisotopic (exact) mass is 466 g/mol. The molecule has 1 aromatic heterocycles. The van der Waals surface area contributed by atoms with Crippen molar-refractivity contribution in [3.8, 4) is 5.75 Å². The number of allylic oxidation sites excluding steroid dienone is 5. The summed E-state index contributed by atoms with van der Waals surface area (Å²) >= 11 is 3.72. The summed E-state index contributed by atoms with van der Waals surface area (Å²) in [5, 5.41) is 4.31. The number of nitrogens with one attached hydrogen (secondary N) is 1. The fraction of sp³-hybridized carbons (Fsp3) is 0.174. The standard InChI is InChI=1S/C23H19BrN2O4/c1-13(27)29-19-7-3-5-15-9-11-17(25-22(15)19)21(24)18-12-10-16-6-4-8-20(23(16)26-18)30-14(2)28/h3-12,21-22,25H,1-2H3. The van der Waals surface area contributed by atoms with Gasteiger partial charge >= 0.3 is 11.9 Å². The molecule has 7 heteroatoms. The van der Waals surface area contributed by atoms with E-state index in [2.05, 4.69) is 21.2 Å². The number of halogens is 1. The van der Waals surface area contributed by atoms with E-state index in [1.165, 1.54) is 13.8 Å². The van der Waals surface area contributed by atoms with E-state index in [1.54, 1.807) is 12.1 Å². The molecule has 152 valence electrons. The summed E-state index contributed by atoms with van der Waals surface area (Å²) in [4.78, 5) is 27.4. The van der Waals surface area contributed by atoms with Gasteiger partial charge in [0.2, 0.25) is 0 Å². The Balaban J connectivity index is 1.65. The highest BCUT2D eigenvalue weighted by atomic mass is 79.9. The number of esters is 2. The molecule has 30 heavy (non-hydrogen) atoms. The smallest absolute Gasteiger partial charge is 0.308 e. The number of pyridine rings is 1. The van der Waals surface area contributed by atoms with Crippen LogP contribution in [0.1, 0.15) is 24.4 Å². The lowest BCUT2D eigenvalue weighted by Crippen LogP contribution is -2.37. The average molecular weight is 467 g/mol. The zero-order valence-electron chi connectivity index (χ0n) is 16.4. The fourth-order valence-corrected chi connectivity index (χ4v) is 3.95. The molecule has 2 heterocycles. The highest BCUT2D eigenvalue weighted by Gasteiger charge is 2.28. The van der Waals surface area contributed by atoms with E-state index in [1.807, 2.05) is 48.6 Å². The number of aromatic nitrogens is 1. The van der Waals surface area contributed by atoms with Crippen LogP contribution in [0.3, 0.4) is 0 Å². The highest BCUT2D eigenvalue weighted by molar-refractivity contribution is 9.09.